The molecule has 0 bridgehead atoms. The van der Waals surface area contributed by atoms with Crippen LogP contribution in [0.4, 0.5) is 4.39 Å². The normalized spacial score (nSPS) is 33.0. The van der Waals surface area contributed by atoms with Crippen LogP contribution < -0.4 is 0 Å². The van der Waals surface area contributed by atoms with E-state index >= 15 is 0 Å². The van der Waals surface area contributed by atoms with Crippen LogP contribution in [0.15, 0.2) is 29.4 Å². The van der Waals surface area contributed by atoms with Gasteiger partial charge in [0, 0.05) is 17.8 Å². The predicted octanol–water partition coefficient (Wildman–Crippen LogP) is 2.30. The summed E-state index contributed by atoms with van der Waals surface area (Å²) >= 11 is 0. The van der Waals surface area contributed by atoms with E-state index in [9.17, 15) is 4.39 Å². The van der Waals surface area contributed by atoms with Crippen molar-refractivity contribution in [3.63, 3.8) is 0 Å². The number of ether oxygens (including phenoxy) is 2. The lowest BCUT2D eigenvalue weighted by Gasteiger charge is -2.24. The Morgan fingerprint density at radius 1 is 1.10 bits per heavy atom. The second-order valence-electron chi connectivity index (χ2n) is 5.55. The Labute approximate surface area is 116 Å². The molecule has 106 valence electrons. The van der Waals surface area contributed by atoms with Crippen molar-refractivity contribution in [2.75, 3.05) is 19.8 Å². The molecule has 5 heteroatoms. The van der Waals surface area contributed by atoms with E-state index in [1.54, 1.807) is 0 Å². The Morgan fingerprint density at radius 3 is 2.60 bits per heavy atom. The van der Waals surface area contributed by atoms with Crippen LogP contribution in [0, 0.1) is 17.7 Å². The van der Waals surface area contributed by atoms with E-state index in [1.807, 2.05) is 12.1 Å². The quantitative estimate of drug-likeness (QED) is 0.832. The lowest BCUT2D eigenvalue weighted by atomic mass is 9.87. The Morgan fingerprint density at radius 2 is 1.85 bits per heavy atom. The van der Waals surface area contributed by atoms with Gasteiger partial charge in [0.1, 0.15) is 12.4 Å². The van der Waals surface area contributed by atoms with Crippen molar-refractivity contribution in [2.24, 2.45) is 17.0 Å². The molecule has 1 aromatic carbocycles. The van der Waals surface area contributed by atoms with Gasteiger partial charge in [-0.3, -0.25) is 0 Å². The zero-order valence-electron chi connectivity index (χ0n) is 11.0. The maximum absolute atomic E-state index is 13.1. The summed E-state index contributed by atoms with van der Waals surface area (Å²) in [5.74, 6) is 0.447. The van der Waals surface area contributed by atoms with Gasteiger partial charge in [0.15, 0.2) is 6.29 Å². The first-order chi connectivity index (χ1) is 9.83. The zero-order chi connectivity index (χ0) is 13.5. The van der Waals surface area contributed by atoms with Gasteiger partial charge in [-0.25, -0.2) is 4.39 Å². The molecule has 0 spiro atoms. The molecule has 4 nitrogen and oxygen atoms in total. The number of benzene rings is 1. The van der Waals surface area contributed by atoms with E-state index in [4.69, 9.17) is 14.3 Å². The van der Waals surface area contributed by atoms with Crippen LogP contribution in [0.3, 0.4) is 0 Å². The molecule has 1 saturated heterocycles. The average Bonchev–Trinajstić information content (AvgIpc) is 3.15. The van der Waals surface area contributed by atoms with Crippen molar-refractivity contribution < 1.29 is 18.7 Å². The van der Waals surface area contributed by atoms with Crippen molar-refractivity contribution in [2.45, 2.75) is 18.6 Å². The van der Waals surface area contributed by atoms with Crippen LogP contribution in [0.5, 0.6) is 0 Å². The summed E-state index contributed by atoms with van der Waals surface area (Å²) in [5.41, 5.74) is 2.11. The van der Waals surface area contributed by atoms with Crippen molar-refractivity contribution in [1.82, 2.24) is 0 Å². The summed E-state index contributed by atoms with van der Waals surface area (Å²) in [6, 6.07) is 6.63. The lowest BCUT2D eigenvalue weighted by Crippen LogP contribution is -2.26. The molecule has 2 aliphatic heterocycles. The molecule has 3 aliphatic rings. The van der Waals surface area contributed by atoms with Gasteiger partial charge >= 0.3 is 0 Å². The van der Waals surface area contributed by atoms with Crippen molar-refractivity contribution in [3.05, 3.63) is 35.6 Å². The molecule has 20 heavy (non-hydrogen) atoms. The minimum absolute atomic E-state index is 0.103. The van der Waals surface area contributed by atoms with Gasteiger partial charge in [-0.1, -0.05) is 17.3 Å². The molecule has 4 rings (SSSR count). The summed E-state index contributed by atoms with van der Waals surface area (Å²) in [5, 5.41) is 4.21. The fourth-order valence-corrected chi connectivity index (χ4v) is 3.53. The first-order valence-electron chi connectivity index (χ1n) is 7.01. The highest BCUT2D eigenvalue weighted by atomic mass is 19.1. The number of nitrogens with zero attached hydrogens (tertiary/aromatic N) is 1. The van der Waals surface area contributed by atoms with Crippen molar-refractivity contribution in [3.8, 4) is 0 Å². The molecule has 0 N–H and O–H groups in total. The summed E-state index contributed by atoms with van der Waals surface area (Å²) in [4.78, 5) is 5.23. The minimum Gasteiger partial charge on any atom is -0.395 e. The highest BCUT2D eigenvalue weighted by Gasteiger charge is 2.49. The van der Waals surface area contributed by atoms with E-state index in [2.05, 4.69) is 5.16 Å². The number of rotatable bonds is 2. The SMILES string of the molecule is Fc1ccc([C@H]2C3=NOC[C@@H]3C[C@H]2C2OCCO2)cc1. The lowest BCUT2D eigenvalue weighted by molar-refractivity contribution is -0.0866. The molecule has 0 radical (unpaired) electrons. The molecule has 0 aromatic heterocycles. The third-order valence-corrected chi connectivity index (χ3v) is 4.39. The van der Waals surface area contributed by atoms with Gasteiger partial charge < -0.3 is 14.3 Å². The maximum atomic E-state index is 13.1. The summed E-state index contributed by atoms with van der Waals surface area (Å²) in [6.07, 6.45) is 0.768. The second-order valence-corrected chi connectivity index (χ2v) is 5.55. The first-order valence-corrected chi connectivity index (χ1v) is 7.01. The topological polar surface area (TPSA) is 40.0 Å². The van der Waals surface area contributed by atoms with E-state index in [1.165, 1.54) is 12.1 Å². The molecule has 1 aromatic rings. The molecule has 1 aliphatic carbocycles. The molecule has 3 atom stereocenters. The predicted molar refractivity (Wildman–Crippen MR) is 69.8 cm³/mol. The average molecular weight is 277 g/mol. The smallest absolute Gasteiger partial charge is 0.161 e. The third kappa shape index (κ3) is 1.93. The maximum Gasteiger partial charge on any atom is 0.161 e. The number of fused-ring (bicyclic) bond motifs is 1. The van der Waals surface area contributed by atoms with Crippen molar-refractivity contribution in [1.29, 1.82) is 0 Å². The highest BCUT2D eigenvalue weighted by Crippen LogP contribution is 2.46. The summed E-state index contributed by atoms with van der Waals surface area (Å²) in [6.45, 7) is 1.92. The largest absolute Gasteiger partial charge is 0.395 e. The first kappa shape index (κ1) is 12.3. The van der Waals surface area contributed by atoms with Crippen LogP contribution in [0.1, 0.15) is 17.9 Å². The van der Waals surface area contributed by atoms with Crippen LogP contribution in [0.25, 0.3) is 0 Å². The second kappa shape index (κ2) is 4.82. The van der Waals surface area contributed by atoms with Gasteiger partial charge in [0.2, 0.25) is 0 Å². The van der Waals surface area contributed by atoms with Gasteiger partial charge in [-0.15, -0.1) is 0 Å². The van der Waals surface area contributed by atoms with E-state index in [0.29, 0.717) is 25.7 Å². The number of oxime groups is 1. The number of hydrogen-bond donors (Lipinski definition) is 0. The minimum atomic E-state index is -0.224. The molecule has 2 heterocycles. The molecular formula is C15H16FNO3. The van der Waals surface area contributed by atoms with Crippen LogP contribution in [0.2, 0.25) is 0 Å². The fraction of sp³-hybridized carbons (Fsp3) is 0.533. The number of halogens is 1. The van der Waals surface area contributed by atoms with Crippen LogP contribution in [-0.2, 0) is 14.3 Å². The Hall–Kier alpha value is -1.46. The van der Waals surface area contributed by atoms with Gasteiger partial charge in [0.25, 0.3) is 0 Å². The van der Waals surface area contributed by atoms with Gasteiger partial charge in [0.05, 0.1) is 18.9 Å². The Balaban J connectivity index is 1.69. The van der Waals surface area contributed by atoms with E-state index in [0.717, 1.165) is 17.7 Å². The van der Waals surface area contributed by atoms with Gasteiger partial charge in [-0.05, 0) is 24.1 Å². The summed E-state index contributed by atoms with van der Waals surface area (Å²) < 4.78 is 24.5. The fourth-order valence-electron chi connectivity index (χ4n) is 3.53. The van der Waals surface area contributed by atoms with Crippen molar-refractivity contribution >= 4 is 5.71 Å². The summed E-state index contributed by atoms with van der Waals surface area (Å²) in [7, 11) is 0. The van der Waals surface area contributed by atoms with E-state index < -0.39 is 0 Å². The molecule has 1 saturated carbocycles. The zero-order valence-corrected chi connectivity index (χ0v) is 11.0. The Kier molecular flexibility index (Phi) is 2.97. The number of hydrogen-bond acceptors (Lipinski definition) is 4. The van der Waals surface area contributed by atoms with Crippen LogP contribution in [-0.4, -0.2) is 31.8 Å². The molecular weight excluding hydrogens is 261 g/mol. The highest BCUT2D eigenvalue weighted by molar-refractivity contribution is 5.95. The molecule has 2 fully saturated rings. The standard InChI is InChI=1S/C15H16FNO3/c16-11-3-1-9(2-4-11)13-12(15-18-5-6-19-15)7-10-8-20-17-14(10)13/h1-4,10,12-13,15H,5-8H2/t10-,12+,13+/m0/s1. The van der Waals surface area contributed by atoms with E-state index in [-0.39, 0.29) is 23.9 Å². The molecule has 0 amide bonds. The van der Waals surface area contributed by atoms with Gasteiger partial charge in [-0.2, -0.15) is 0 Å². The molecule has 0 unspecified atom stereocenters. The third-order valence-electron chi connectivity index (χ3n) is 4.39. The van der Waals surface area contributed by atoms with Crippen LogP contribution >= 0.6 is 0 Å². The Bertz CT molecular complexity index is 524. The monoisotopic (exact) mass is 277 g/mol.